The topological polar surface area (TPSA) is 68.5 Å². The fourth-order valence-electron chi connectivity index (χ4n) is 3.58. The Kier molecular flexibility index (Phi) is 5.18. The van der Waals surface area contributed by atoms with E-state index in [1.54, 1.807) is 14.0 Å². The molecule has 1 unspecified atom stereocenters. The minimum atomic E-state index is -0.314. The highest BCUT2D eigenvalue weighted by Gasteiger charge is 2.42. The van der Waals surface area contributed by atoms with Gasteiger partial charge in [-0.3, -0.25) is 4.79 Å². The van der Waals surface area contributed by atoms with Crippen LogP contribution in [0.3, 0.4) is 0 Å². The number of aromatic nitrogens is 2. The molecule has 1 aliphatic rings. The molecule has 1 saturated heterocycles. The number of ether oxygens (including phenoxy) is 1. The highest BCUT2D eigenvalue weighted by molar-refractivity contribution is 5.94. The van der Waals surface area contributed by atoms with E-state index in [1.165, 1.54) is 0 Å². The van der Waals surface area contributed by atoms with E-state index in [-0.39, 0.29) is 11.3 Å². The van der Waals surface area contributed by atoms with E-state index in [1.807, 2.05) is 36.1 Å². The maximum Gasteiger partial charge on any atom is 0.253 e. The molecule has 0 saturated carbocycles. The molecule has 1 fully saturated rings. The van der Waals surface area contributed by atoms with Gasteiger partial charge in [0.05, 0.1) is 5.41 Å². The van der Waals surface area contributed by atoms with Crippen LogP contribution in [-0.2, 0) is 10.2 Å². The Morgan fingerprint density at radius 2 is 2.24 bits per heavy atom. The number of hydrogen-bond donors (Lipinski definition) is 0. The Balaban J connectivity index is 1.86. The third kappa shape index (κ3) is 3.74. The smallest absolute Gasteiger partial charge is 0.253 e. The normalized spacial score (nSPS) is 20.7. The van der Waals surface area contributed by atoms with E-state index in [4.69, 9.17) is 9.26 Å². The molecule has 1 atom stereocenters. The summed E-state index contributed by atoms with van der Waals surface area (Å²) >= 11 is 0. The van der Waals surface area contributed by atoms with Gasteiger partial charge in [-0.15, -0.1) is 0 Å². The van der Waals surface area contributed by atoms with Crippen molar-refractivity contribution in [1.82, 2.24) is 15.0 Å². The first-order chi connectivity index (χ1) is 12.0. The van der Waals surface area contributed by atoms with E-state index in [2.05, 4.69) is 10.1 Å². The van der Waals surface area contributed by atoms with Gasteiger partial charge >= 0.3 is 0 Å². The number of amides is 1. The van der Waals surface area contributed by atoms with Crippen molar-refractivity contribution in [3.63, 3.8) is 0 Å². The standard InChI is InChI=1S/C19H25N3O3/c1-14-6-4-7-16(12-14)17(23)22-10-5-8-19(13-22,9-11-24-3)18-20-15(2)25-21-18/h4,6-7,12H,5,8-11,13H2,1-3H3. The van der Waals surface area contributed by atoms with Gasteiger partial charge < -0.3 is 14.2 Å². The van der Waals surface area contributed by atoms with Crippen molar-refractivity contribution in [3.8, 4) is 0 Å². The fraction of sp³-hybridized carbons (Fsp3) is 0.526. The van der Waals surface area contributed by atoms with Gasteiger partial charge in [-0.05, 0) is 38.3 Å². The zero-order chi connectivity index (χ0) is 17.9. The van der Waals surface area contributed by atoms with Crippen LogP contribution in [0.25, 0.3) is 0 Å². The van der Waals surface area contributed by atoms with Crippen molar-refractivity contribution in [1.29, 1.82) is 0 Å². The van der Waals surface area contributed by atoms with Crippen LogP contribution < -0.4 is 0 Å². The van der Waals surface area contributed by atoms with Crippen LogP contribution in [-0.4, -0.2) is 47.8 Å². The lowest BCUT2D eigenvalue weighted by atomic mass is 9.76. The van der Waals surface area contributed by atoms with Gasteiger partial charge in [0.15, 0.2) is 5.82 Å². The van der Waals surface area contributed by atoms with E-state index >= 15 is 0 Å². The summed E-state index contributed by atoms with van der Waals surface area (Å²) < 4.78 is 10.5. The largest absolute Gasteiger partial charge is 0.385 e. The predicted molar refractivity (Wildman–Crippen MR) is 93.5 cm³/mol. The third-order valence-corrected chi connectivity index (χ3v) is 4.92. The fourth-order valence-corrected chi connectivity index (χ4v) is 3.58. The number of carbonyl (C=O) groups excluding carboxylic acids is 1. The molecule has 1 aromatic carbocycles. The number of aryl methyl sites for hydroxylation is 2. The molecule has 1 aliphatic heterocycles. The molecule has 0 aliphatic carbocycles. The average Bonchev–Trinajstić information content (AvgIpc) is 3.06. The van der Waals surface area contributed by atoms with E-state index in [0.29, 0.717) is 24.9 Å². The summed E-state index contributed by atoms with van der Waals surface area (Å²) in [4.78, 5) is 19.4. The molecule has 2 heterocycles. The van der Waals surface area contributed by atoms with E-state index < -0.39 is 0 Å². The minimum absolute atomic E-state index is 0.0606. The van der Waals surface area contributed by atoms with Gasteiger partial charge in [0, 0.05) is 39.3 Å². The summed E-state index contributed by atoms with van der Waals surface area (Å²) in [7, 11) is 1.69. The Morgan fingerprint density at radius 3 is 2.92 bits per heavy atom. The molecule has 0 radical (unpaired) electrons. The number of hydrogen-bond acceptors (Lipinski definition) is 5. The highest BCUT2D eigenvalue weighted by atomic mass is 16.5. The van der Waals surface area contributed by atoms with Crippen LogP contribution in [0.2, 0.25) is 0 Å². The van der Waals surface area contributed by atoms with Gasteiger partial charge in [-0.25, -0.2) is 0 Å². The van der Waals surface area contributed by atoms with Crippen molar-refractivity contribution in [2.75, 3.05) is 26.8 Å². The number of nitrogens with zero attached hydrogens (tertiary/aromatic N) is 3. The molecule has 6 heteroatoms. The molecule has 3 rings (SSSR count). The quantitative estimate of drug-likeness (QED) is 0.835. The van der Waals surface area contributed by atoms with Gasteiger partial charge in [0.25, 0.3) is 5.91 Å². The second kappa shape index (κ2) is 7.35. The second-order valence-electron chi connectivity index (χ2n) is 6.86. The number of methoxy groups -OCH3 is 1. The molecule has 0 bridgehead atoms. The second-order valence-corrected chi connectivity index (χ2v) is 6.86. The number of benzene rings is 1. The number of carbonyl (C=O) groups is 1. The van der Waals surface area contributed by atoms with Gasteiger partial charge in [-0.1, -0.05) is 22.9 Å². The first-order valence-electron chi connectivity index (χ1n) is 8.70. The van der Waals surface area contributed by atoms with Crippen LogP contribution in [0, 0.1) is 13.8 Å². The van der Waals surface area contributed by atoms with Crippen molar-refractivity contribution in [3.05, 3.63) is 47.1 Å². The average molecular weight is 343 g/mol. The van der Waals surface area contributed by atoms with Crippen LogP contribution >= 0.6 is 0 Å². The van der Waals surface area contributed by atoms with E-state index in [0.717, 1.165) is 36.9 Å². The molecule has 6 nitrogen and oxygen atoms in total. The highest BCUT2D eigenvalue weighted by Crippen LogP contribution is 2.36. The van der Waals surface area contributed by atoms with Crippen LogP contribution in [0.5, 0.6) is 0 Å². The molecule has 0 spiro atoms. The zero-order valence-electron chi connectivity index (χ0n) is 15.1. The summed E-state index contributed by atoms with van der Waals surface area (Å²) in [5, 5.41) is 4.17. The van der Waals surface area contributed by atoms with Gasteiger partial charge in [0.1, 0.15) is 0 Å². The minimum Gasteiger partial charge on any atom is -0.385 e. The maximum absolute atomic E-state index is 13.0. The summed E-state index contributed by atoms with van der Waals surface area (Å²) in [5.41, 5.74) is 1.50. The zero-order valence-corrected chi connectivity index (χ0v) is 15.1. The third-order valence-electron chi connectivity index (χ3n) is 4.92. The van der Waals surface area contributed by atoms with Crippen LogP contribution in [0.4, 0.5) is 0 Å². The Hall–Kier alpha value is -2.21. The number of piperidine rings is 1. The Morgan fingerprint density at radius 1 is 1.40 bits per heavy atom. The molecule has 1 aromatic heterocycles. The van der Waals surface area contributed by atoms with Crippen molar-refractivity contribution in [2.45, 2.75) is 38.5 Å². The lowest BCUT2D eigenvalue weighted by Gasteiger charge is -2.41. The molecule has 0 N–H and O–H groups in total. The van der Waals surface area contributed by atoms with Crippen molar-refractivity contribution in [2.24, 2.45) is 0 Å². The van der Waals surface area contributed by atoms with Gasteiger partial charge in [-0.2, -0.15) is 4.98 Å². The van der Waals surface area contributed by atoms with Crippen LogP contribution in [0.15, 0.2) is 28.8 Å². The molecule has 134 valence electrons. The monoisotopic (exact) mass is 343 g/mol. The molecule has 25 heavy (non-hydrogen) atoms. The van der Waals surface area contributed by atoms with Gasteiger partial charge in [0.2, 0.25) is 5.89 Å². The van der Waals surface area contributed by atoms with E-state index in [9.17, 15) is 4.79 Å². The van der Waals surface area contributed by atoms with Crippen LogP contribution in [0.1, 0.15) is 46.9 Å². The van der Waals surface area contributed by atoms with Crippen molar-refractivity contribution >= 4 is 5.91 Å². The summed E-state index contributed by atoms with van der Waals surface area (Å²) in [6.45, 7) is 5.72. The first kappa shape index (κ1) is 17.6. The Labute approximate surface area is 148 Å². The maximum atomic E-state index is 13.0. The van der Waals surface area contributed by atoms with Crippen molar-refractivity contribution < 1.29 is 14.1 Å². The number of likely N-dealkylation sites (tertiary alicyclic amines) is 1. The molecular formula is C19H25N3O3. The lowest BCUT2D eigenvalue weighted by Crippen LogP contribution is -2.49. The predicted octanol–water partition coefficient (Wildman–Crippen LogP) is 2.90. The molecule has 1 amide bonds. The summed E-state index contributed by atoms with van der Waals surface area (Å²) in [6, 6.07) is 7.73. The molecular weight excluding hydrogens is 318 g/mol. The SMILES string of the molecule is COCCC1(c2noc(C)n2)CCCN(C(=O)c2cccc(C)c2)C1. The lowest BCUT2D eigenvalue weighted by molar-refractivity contribution is 0.0567. The summed E-state index contributed by atoms with van der Waals surface area (Å²) in [6.07, 6.45) is 2.60. The molecule has 2 aromatic rings. The first-order valence-corrected chi connectivity index (χ1v) is 8.70. The summed E-state index contributed by atoms with van der Waals surface area (Å²) in [5.74, 6) is 1.29. The Bertz CT molecular complexity index is 743. The number of rotatable bonds is 5.